The summed E-state index contributed by atoms with van der Waals surface area (Å²) in [6.45, 7) is 2.54. The van der Waals surface area contributed by atoms with Gasteiger partial charge in [-0.25, -0.2) is 19.3 Å². The molecule has 0 aliphatic carbocycles. The topological polar surface area (TPSA) is 128 Å². The van der Waals surface area contributed by atoms with Gasteiger partial charge in [0.25, 0.3) is 5.91 Å². The number of nitrogens with zero attached hydrogens (tertiary/aromatic N) is 4. The number of pyridine rings is 2. The monoisotopic (exact) mass is 461 g/mol. The van der Waals surface area contributed by atoms with E-state index in [9.17, 15) is 9.18 Å². The first-order chi connectivity index (χ1) is 16.4. The fourth-order valence-electron chi connectivity index (χ4n) is 3.73. The highest BCUT2D eigenvalue weighted by atomic mass is 19.1. The molecule has 9 nitrogen and oxygen atoms in total. The van der Waals surface area contributed by atoms with Gasteiger partial charge < -0.3 is 21.1 Å². The number of para-hydroxylation sites is 1. The number of nitrogens with two attached hydrogens (primary N) is 1. The summed E-state index contributed by atoms with van der Waals surface area (Å²) in [5.74, 6) is -0.187. The van der Waals surface area contributed by atoms with Gasteiger partial charge in [-0.05, 0) is 11.6 Å². The Hall–Kier alpha value is -4.34. The Balaban J connectivity index is 1.57. The lowest BCUT2D eigenvalue weighted by molar-refractivity contribution is 0.0960. The van der Waals surface area contributed by atoms with Crippen LogP contribution >= 0.6 is 0 Å². The molecule has 0 aliphatic rings. The van der Waals surface area contributed by atoms with Crippen molar-refractivity contribution in [1.29, 1.82) is 0 Å². The first-order valence-corrected chi connectivity index (χ1v) is 10.6. The maximum atomic E-state index is 14.3. The summed E-state index contributed by atoms with van der Waals surface area (Å²) < 4.78 is 19.4. The Labute approximate surface area is 195 Å². The summed E-state index contributed by atoms with van der Waals surface area (Å²) in [6.07, 6.45) is 4.18. The van der Waals surface area contributed by atoms with Crippen LogP contribution in [-0.4, -0.2) is 46.5 Å². The molecule has 0 spiro atoms. The molecule has 4 N–H and O–H groups in total. The number of hydrogen-bond acceptors (Lipinski definition) is 8. The van der Waals surface area contributed by atoms with E-state index in [1.54, 1.807) is 30.5 Å². The Morgan fingerprint density at radius 1 is 1.18 bits per heavy atom. The molecule has 0 saturated carbocycles. The zero-order valence-corrected chi connectivity index (χ0v) is 19.0. The molecule has 0 saturated heterocycles. The number of benzene rings is 1. The third-order valence-corrected chi connectivity index (χ3v) is 5.49. The summed E-state index contributed by atoms with van der Waals surface area (Å²) in [6, 6.07) is 8.96. The number of anilines is 2. The smallest absolute Gasteiger partial charge is 0.254 e. The van der Waals surface area contributed by atoms with Crippen molar-refractivity contribution in [2.24, 2.45) is 0 Å². The number of aromatic nitrogens is 4. The molecule has 0 bridgehead atoms. The maximum Gasteiger partial charge on any atom is 0.254 e. The number of rotatable bonds is 7. The Morgan fingerprint density at radius 3 is 2.74 bits per heavy atom. The van der Waals surface area contributed by atoms with Crippen LogP contribution in [0.2, 0.25) is 0 Å². The van der Waals surface area contributed by atoms with E-state index >= 15 is 0 Å². The lowest BCUT2D eigenvalue weighted by Gasteiger charge is -2.17. The van der Waals surface area contributed by atoms with Gasteiger partial charge in [-0.1, -0.05) is 25.1 Å². The maximum absolute atomic E-state index is 14.3. The standard InChI is InChI=1S/C24H24FN7O2/c1-13(15-5-4-6-16-21(23(33)27-2)17(25)11-29-22(15)16)9-28-20-8-19(31-12-32-20)14-7-18(26)24(34-3)30-10-14/h4-8,10-13H,9,26H2,1-3H3,(H,27,33)(H,28,31,32)/t13-/m1/s1. The quantitative estimate of drug-likeness (QED) is 0.382. The molecule has 1 atom stereocenters. The summed E-state index contributed by atoms with van der Waals surface area (Å²) in [7, 11) is 2.98. The van der Waals surface area contributed by atoms with Crippen LogP contribution in [0.25, 0.3) is 22.2 Å². The predicted molar refractivity (Wildman–Crippen MR) is 128 cm³/mol. The number of carbonyl (C=O) groups is 1. The van der Waals surface area contributed by atoms with Gasteiger partial charge in [0.05, 0.1) is 35.8 Å². The second kappa shape index (κ2) is 9.65. The average molecular weight is 462 g/mol. The molecule has 4 aromatic rings. The molecule has 10 heteroatoms. The minimum absolute atomic E-state index is 0.0117. The third-order valence-electron chi connectivity index (χ3n) is 5.49. The van der Waals surface area contributed by atoms with Gasteiger partial charge in [0.2, 0.25) is 5.88 Å². The van der Waals surface area contributed by atoms with Gasteiger partial charge in [-0.15, -0.1) is 0 Å². The fourth-order valence-corrected chi connectivity index (χ4v) is 3.73. The number of hydrogen-bond donors (Lipinski definition) is 3. The molecule has 0 aliphatic heterocycles. The molecular formula is C24H24FN7O2. The fraction of sp³-hybridized carbons (Fsp3) is 0.208. The molecule has 0 unspecified atom stereocenters. The van der Waals surface area contributed by atoms with Gasteiger partial charge in [0.1, 0.15) is 12.1 Å². The lowest BCUT2D eigenvalue weighted by atomic mass is 9.96. The number of nitrogen functional groups attached to an aromatic ring is 1. The van der Waals surface area contributed by atoms with Gasteiger partial charge in [0, 0.05) is 42.7 Å². The van der Waals surface area contributed by atoms with E-state index < -0.39 is 11.7 Å². The van der Waals surface area contributed by atoms with Crippen LogP contribution in [0.5, 0.6) is 5.88 Å². The number of nitrogens with one attached hydrogen (secondary N) is 2. The van der Waals surface area contributed by atoms with Crippen molar-refractivity contribution >= 4 is 28.3 Å². The second-order valence-corrected chi connectivity index (χ2v) is 7.70. The van der Waals surface area contributed by atoms with Gasteiger partial charge in [-0.2, -0.15) is 0 Å². The third kappa shape index (κ3) is 4.42. The minimum Gasteiger partial charge on any atom is -0.480 e. The molecule has 34 heavy (non-hydrogen) atoms. The van der Waals surface area contributed by atoms with E-state index in [1.165, 1.54) is 20.5 Å². The zero-order chi connectivity index (χ0) is 24.2. The van der Waals surface area contributed by atoms with Crippen molar-refractivity contribution in [3.8, 4) is 17.1 Å². The van der Waals surface area contributed by atoms with E-state index in [-0.39, 0.29) is 11.5 Å². The largest absolute Gasteiger partial charge is 0.480 e. The number of amides is 1. The van der Waals surface area contributed by atoms with Crippen molar-refractivity contribution in [1.82, 2.24) is 25.3 Å². The number of halogens is 1. The second-order valence-electron chi connectivity index (χ2n) is 7.70. The van der Waals surface area contributed by atoms with E-state index in [0.29, 0.717) is 40.5 Å². The van der Waals surface area contributed by atoms with E-state index in [4.69, 9.17) is 10.5 Å². The molecule has 0 radical (unpaired) electrons. The highest BCUT2D eigenvalue weighted by Gasteiger charge is 2.19. The van der Waals surface area contributed by atoms with Gasteiger partial charge in [0.15, 0.2) is 5.82 Å². The van der Waals surface area contributed by atoms with Crippen LogP contribution in [0, 0.1) is 5.82 Å². The highest BCUT2D eigenvalue weighted by Crippen LogP contribution is 2.29. The SMILES string of the molecule is CNC(=O)c1c(F)cnc2c([C@H](C)CNc3cc(-c4cnc(OC)c(N)c4)ncn3)cccc12. The molecule has 1 aromatic carbocycles. The summed E-state index contributed by atoms with van der Waals surface area (Å²) in [5.41, 5.74) is 9.23. The van der Waals surface area contributed by atoms with Gasteiger partial charge >= 0.3 is 0 Å². The number of ether oxygens (including phenoxy) is 1. The van der Waals surface area contributed by atoms with Crippen molar-refractivity contribution in [3.05, 3.63) is 66.0 Å². The van der Waals surface area contributed by atoms with Crippen molar-refractivity contribution < 1.29 is 13.9 Å². The van der Waals surface area contributed by atoms with Crippen LogP contribution in [0.1, 0.15) is 28.8 Å². The Kier molecular flexibility index (Phi) is 6.48. The molecule has 174 valence electrons. The predicted octanol–water partition coefficient (Wildman–Crippen LogP) is 3.39. The van der Waals surface area contributed by atoms with Crippen LogP contribution in [-0.2, 0) is 0 Å². The Bertz CT molecular complexity index is 1360. The van der Waals surface area contributed by atoms with Gasteiger partial charge in [-0.3, -0.25) is 9.78 Å². The summed E-state index contributed by atoms with van der Waals surface area (Å²) in [4.78, 5) is 29.3. The molecule has 3 heterocycles. The highest BCUT2D eigenvalue weighted by molar-refractivity contribution is 6.06. The zero-order valence-electron chi connectivity index (χ0n) is 19.0. The number of fused-ring (bicyclic) bond motifs is 1. The molecule has 0 fully saturated rings. The van der Waals surface area contributed by atoms with Crippen molar-refractivity contribution in [3.63, 3.8) is 0 Å². The van der Waals surface area contributed by atoms with E-state index in [1.807, 2.05) is 13.0 Å². The number of methoxy groups -OCH3 is 1. The van der Waals surface area contributed by atoms with Crippen LogP contribution in [0.4, 0.5) is 15.9 Å². The minimum atomic E-state index is -0.656. The Morgan fingerprint density at radius 2 is 2.00 bits per heavy atom. The normalized spacial score (nSPS) is 11.8. The van der Waals surface area contributed by atoms with E-state index in [2.05, 4.69) is 30.6 Å². The first-order valence-electron chi connectivity index (χ1n) is 10.6. The first kappa shape index (κ1) is 22.8. The lowest BCUT2D eigenvalue weighted by Crippen LogP contribution is -2.20. The van der Waals surface area contributed by atoms with Crippen molar-refractivity contribution in [2.75, 3.05) is 31.8 Å². The summed E-state index contributed by atoms with van der Waals surface area (Å²) in [5, 5.41) is 6.26. The molecule has 3 aromatic heterocycles. The summed E-state index contributed by atoms with van der Waals surface area (Å²) >= 11 is 0. The van der Waals surface area contributed by atoms with Crippen LogP contribution in [0.3, 0.4) is 0 Å². The van der Waals surface area contributed by atoms with Crippen molar-refractivity contribution in [2.45, 2.75) is 12.8 Å². The molecule has 4 rings (SSSR count). The number of carbonyl (C=O) groups excluding carboxylic acids is 1. The van der Waals surface area contributed by atoms with E-state index in [0.717, 1.165) is 17.3 Å². The average Bonchev–Trinajstić information content (AvgIpc) is 2.86. The molecular weight excluding hydrogens is 437 g/mol. The molecule has 1 amide bonds. The van der Waals surface area contributed by atoms with Crippen LogP contribution in [0.15, 0.2) is 49.1 Å². The van der Waals surface area contributed by atoms with Crippen LogP contribution < -0.4 is 21.1 Å².